The lowest BCUT2D eigenvalue weighted by atomic mass is 10.2. The number of nitrogens with one attached hydrogen (secondary N) is 2. The third-order valence-electron chi connectivity index (χ3n) is 4.43. The molecular weight excluding hydrogens is 398 g/mol. The first kappa shape index (κ1) is 20.0. The summed E-state index contributed by atoms with van der Waals surface area (Å²) in [5, 5.41) is 25.5. The van der Waals surface area contributed by atoms with Crippen molar-refractivity contribution in [1.82, 2.24) is 20.0 Å². The second-order valence-corrected chi connectivity index (χ2v) is 7.12. The Morgan fingerprint density at radius 2 is 1.87 bits per heavy atom. The van der Waals surface area contributed by atoms with Crippen LogP contribution in [-0.2, 0) is 0 Å². The van der Waals surface area contributed by atoms with E-state index in [1.165, 1.54) is 10.7 Å². The maximum Gasteiger partial charge on any atom is 0.311 e. The molecule has 0 aliphatic carbocycles. The van der Waals surface area contributed by atoms with Gasteiger partial charge >= 0.3 is 5.69 Å². The van der Waals surface area contributed by atoms with E-state index in [0.717, 1.165) is 0 Å². The number of anilines is 3. The molecular formula is C21H19N7O3. The van der Waals surface area contributed by atoms with E-state index in [-0.39, 0.29) is 23.5 Å². The van der Waals surface area contributed by atoms with Crippen LogP contribution in [0.25, 0.3) is 11.0 Å². The molecule has 10 nitrogen and oxygen atoms in total. The van der Waals surface area contributed by atoms with Crippen LogP contribution in [0.2, 0.25) is 0 Å². The Balaban J connectivity index is 1.66. The number of nitrogens with zero attached hydrogens (tertiary/aromatic N) is 5. The molecule has 4 aromatic rings. The van der Waals surface area contributed by atoms with E-state index in [2.05, 4.69) is 25.9 Å². The number of aromatic nitrogens is 4. The molecule has 2 aromatic carbocycles. The highest BCUT2D eigenvalue weighted by atomic mass is 16.6. The van der Waals surface area contributed by atoms with Gasteiger partial charge in [-0.2, -0.15) is 4.68 Å². The Morgan fingerprint density at radius 3 is 2.58 bits per heavy atom. The summed E-state index contributed by atoms with van der Waals surface area (Å²) in [4.78, 5) is 27.9. The highest BCUT2D eigenvalue weighted by molar-refractivity contribution is 6.00. The first-order chi connectivity index (χ1) is 14.9. The van der Waals surface area contributed by atoms with Crippen LogP contribution in [0.5, 0.6) is 0 Å². The smallest absolute Gasteiger partial charge is 0.311 e. The molecule has 2 heterocycles. The molecule has 0 unspecified atom stereocenters. The van der Waals surface area contributed by atoms with Gasteiger partial charge in [0.25, 0.3) is 5.91 Å². The quantitative estimate of drug-likeness (QED) is 0.356. The standard InChI is InChI=1S/C21H19N7O3/c1-13(2)22-19-11-10-18(28(30)31)20(24-19)23-15-8-9-17-16(12-15)25-26-27(17)21(29)14-6-4-3-5-7-14/h3-13H,1-2H3,(H2,22,23,24). The van der Waals surface area contributed by atoms with Crippen LogP contribution in [-0.4, -0.2) is 36.9 Å². The lowest BCUT2D eigenvalue weighted by Gasteiger charge is -2.12. The molecule has 4 rings (SSSR count). The van der Waals surface area contributed by atoms with Gasteiger partial charge in [0.2, 0.25) is 5.82 Å². The fourth-order valence-corrected chi connectivity index (χ4v) is 3.06. The third-order valence-corrected chi connectivity index (χ3v) is 4.43. The van der Waals surface area contributed by atoms with Gasteiger partial charge in [0.15, 0.2) is 0 Å². The molecule has 0 amide bonds. The van der Waals surface area contributed by atoms with Crippen molar-refractivity contribution in [2.45, 2.75) is 19.9 Å². The van der Waals surface area contributed by atoms with Gasteiger partial charge in [-0.15, -0.1) is 5.10 Å². The van der Waals surface area contributed by atoms with Crippen LogP contribution in [0.15, 0.2) is 60.7 Å². The Bertz CT molecular complexity index is 1270. The molecule has 10 heteroatoms. The number of carbonyl (C=O) groups is 1. The first-order valence-corrected chi connectivity index (χ1v) is 9.56. The predicted molar refractivity (Wildman–Crippen MR) is 117 cm³/mol. The summed E-state index contributed by atoms with van der Waals surface area (Å²) < 4.78 is 1.22. The number of rotatable bonds is 6. The van der Waals surface area contributed by atoms with Crippen molar-refractivity contribution in [3.05, 3.63) is 76.3 Å². The fraction of sp³-hybridized carbons (Fsp3) is 0.143. The molecule has 2 N–H and O–H groups in total. The van der Waals surface area contributed by atoms with Gasteiger partial charge in [0, 0.05) is 23.4 Å². The van der Waals surface area contributed by atoms with Crippen molar-refractivity contribution < 1.29 is 9.72 Å². The Kier molecular flexibility index (Phi) is 5.27. The largest absolute Gasteiger partial charge is 0.368 e. The number of carbonyl (C=O) groups excluding carboxylic acids is 1. The third kappa shape index (κ3) is 4.17. The maximum absolute atomic E-state index is 12.7. The molecule has 0 saturated carbocycles. The van der Waals surface area contributed by atoms with Crippen molar-refractivity contribution in [3.8, 4) is 0 Å². The molecule has 0 aliphatic rings. The number of pyridine rings is 1. The van der Waals surface area contributed by atoms with Gasteiger partial charge in [-0.05, 0) is 50.2 Å². The van der Waals surface area contributed by atoms with Crippen LogP contribution < -0.4 is 10.6 Å². The lowest BCUT2D eigenvalue weighted by molar-refractivity contribution is -0.384. The minimum Gasteiger partial charge on any atom is -0.368 e. The molecule has 156 valence electrons. The van der Waals surface area contributed by atoms with Gasteiger partial charge in [-0.1, -0.05) is 23.4 Å². The SMILES string of the molecule is CC(C)Nc1ccc([N+](=O)[O-])c(Nc2ccc3c(c2)nnn3C(=O)c2ccccc2)n1. The molecule has 0 fully saturated rings. The van der Waals surface area contributed by atoms with E-state index in [0.29, 0.717) is 28.1 Å². The van der Waals surface area contributed by atoms with Crippen LogP contribution in [0.4, 0.5) is 23.0 Å². The van der Waals surface area contributed by atoms with Crippen molar-refractivity contribution >= 4 is 40.0 Å². The fourth-order valence-electron chi connectivity index (χ4n) is 3.06. The maximum atomic E-state index is 12.7. The van der Waals surface area contributed by atoms with E-state index in [1.807, 2.05) is 19.9 Å². The van der Waals surface area contributed by atoms with Gasteiger partial charge in [-0.25, -0.2) is 4.98 Å². The van der Waals surface area contributed by atoms with Crippen LogP contribution in [0, 0.1) is 10.1 Å². The highest BCUT2D eigenvalue weighted by Gasteiger charge is 2.18. The zero-order valence-corrected chi connectivity index (χ0v) is 16.8. The normalized spacial score (nSPS) is 10.9. The second-order valence-electron chi connectivity index (χ2n) is 7.12. The van der Waals surface area contributed by atoms with Gasteiger partial charge < -0.3 is 10.6 Å². The summed E-state index contributed by atoms with van der Waals surface area (Å²) >= 11 is 0. The van der Waals surface area contributed by atoms with Crippen molar-refractivity contribution in [3.63, 3.8) is 0 Å². The number of nitro groups is 1. The summed E-state index contributed by atoms with van der Waals surface area (Å²) in [6, 6.07) is 16.9. The minimum absolute atomic E-state index is 0.0998. The van der Waals surface area contributed by atoms with E-state index in [1.54, 1.807) is 48.5 Å². The van der Waals surface area contributed by atoms with Crippen molar-refractivity contribution in [1.29, 1.82) is 0 Å². The van der Waals surface area contributed by atoms with Crippen LogP contribution >= 0.6 is 0 Å². The van der Waals surface area contributed by atoms with Crippen LogP contribution in [0.1, 0.15) is 24.2 Å². The number of hydrogen-bond donors (Lipinski definition) is 2. The topological polar surface area (TPSA) is 128 Å². The molecule has 0 atom stereocenters. The van der Waals surface area contributed by atoms with E-state index in [4.69, 9.17) is 0 Å². The number of fused-ring (bicyclic) bond motifs is 1. The minimum atomic E-state index is -0.498. The molecule has 0 spiro atoms. The lowest BCUT2D eigenvalue weighted by Crippen LogP contribution is -2.13. The molecule has 31 heavy (non-hydrogen) atoms. The first-order valence-electron chi connectivity index (χ1n) is 9.56. The number of hydrogen-bond acceptors (Lipinski definition) is 8. The molecule has 0 radical (unpaired) electrons. The molecule has 0 aliphatic heterocycles. The van der Waals surface area contributed by atoms with Crippen molar-refractivity contribution in [2.75, 3.05) is 10.6 Å². The van der Waals surface area contributed by atoms with Gasteiger partial charge in [0.05, 0.1) is 10.4 Å². The summed E-state index contributed by atoms with van der Waals surface area (Å²) in [5.41, 5.74) is 1.86. The summed E-state index contributed by atoms with van der Waals surface area (Å²) in [5.74, 6) is 0.319. The summed E-state index contributed by atoms with van der Waals surface area (Å²) in [6.45, 7) is 3.90. The Labute approximate surface area is 177 Å². The molecule has 0 bridgehead atoms. The monoisotopic (exact) mass is 417 g/mol. The predicted octanol–water partition coefficient (Wildman–Crippen LogP) is 3.99. The van der Waals surface area contributed by atoms with Gasteiger partial charge in [-0.3, -0.25) is 14.9 Å². The van der Waals surface area contributed by atoms with Gasteiger partial charge in [0.1, 0.15) is 11.3 Å². The van der Waals surface area contributed by atoms with Crippen LogP contribution in [0.3, 0.4) is 0 Å². The number of benzene rings is 2. The Morgan fingerprint density at radius 1 is 1.10 bits per heavy atom. The highest BCUT2D eigenvalue weighted by Crippen LogP contribution is 2.28. The Hall–Kier alpha value is -4.34. The zero-order chi connectivity index (χ0) is 22.0. The average Bonchev–Trinajstić information content (AvgIpc) is 3.16. The summed E-state index contributed by atoms with van der Waals surface area (Å²) in [6.07, 6.45) is 0. The average molecular weight is 417 g/mol. The zero-order valence-electron chi connectivity index (χ0n) is 16.8. The van der Waals surface area contributed by atoms with E-state index < -0.39 is 4.92 Å². The van der Waals surface area contributed by atoms with E-state index in [9.17, 15) is 14.9 Å². The molecule has 0 saturated heterocycles. The van der Waals surface area contributed by atoms with Crippen molar-refractivity contribution in [2.24, 2.45) is 0 Å². The second kappa shape index (κ2) is 8.19. The summed E-state index contributed by atoms with van der Waals surface area (Å²) in [7, 11) is 0. The van der Waals surface area contributed by atoms with E-state index >= 15 is 0 Å². The molecule has 2 aromatic heterocycles.